The van der Waals surface area contributed by atoms with E-state index < -0.39 is 0 Å². The minimum atomic E-state index is 0.278. The smallest absolute Gasteiger partial charge is 0.229 e. The minimum absolute atomic E-state index is 0.278. The Labute approximate surface area is 130 Å². The van der Waals surface area contributed by atoms with Crippen LogP contribution in [0.4, 0.5) is 0 Å². The summed E-state index contributed by atoms with van der Waals surface area (Å²) in [5, 5.41) is 4.17. The van der Waals surface area contributed by atoms with Crippen LogP contribution in [0.1, 0.15) is 68.8 Å². The Morgan fingerprint density at radius 3 is 2.95 bits per heavy atom. The van der Waals surface area contributed by atoms with Crippen molar-refractivity contribution in [3.8, 4) is 0 Å². The molecule has 0 bridgehead atoms. The van der Waals surface area contributed by atoms with Gasteiger partial charge in [-0.25, -0.2) is 4.98 Å². The molecule has 1 fully saturated rings. The first-order chi connectivity index (χ1) is 10.7. The van der Waals surface area contributed by atoms with Gasteiger partial charge in [0, 0.05) is 24.8 Å². The Kier molecular flexibility index (Phi) is 4.57. The van der Waals surface area contributed by atoms with Gasteiger partial charge in [0.1, 0.15) is 5.76 Å². The molecule has 6 nitrogen and oxygen atoms in total. The average molecular weight is 304 g/mol. The average Bonchev–Trinajstić information content (AvgIpc) is 3.16. The second kappa shape index (κ2) is 6.60. The predicted molar refractivity (Wildman–Crippen MR) is 81.5 cm³/mol. The van der Waals surface area contributed by atoms with E-state index in [0.29, 0.717) is 5.92 Å². The van der Waals surface area contributed by atoms with Crippen LogP contribution in [0.25, 0.3) is 0 Å². The van der Waals surface area contributed by atoms with E-state index in [-0.39, 0.29) is 5.92 Å². The molecule has 1 saturated heterocycles. The Hall–Kier alpha value is -1.69. The van der Waals surface area contributed by atoms with Crippen molar-refractivity contribution in [3.05, 3.63) is 29.6 Å². The highest BCUT2D eigenvalue weighted by atomic mass is 16.5. The van der Waals surface area contributed by atoms with Gasteiger partial charge in [0.15, 0.2) is 5.82 Å². The lowest BCUT2D eigenvalue weighted by Crippen LogP contribution is -2.34. The summed E-state index contributed by atoms with van der Waals surface area (Å²) < 4.78 is 11.0. The standard InChI is InChI=1S/C16H24N4O2/c1-4-13-8-17-14(21-13)10-20-7-5-6-12(9-20)15-18-16(11(2)3)22-19-15/h8,11-12H,4-7,9-10H2,1-3H3/t12-/m0/s1. The van der Waals surface area contributed by atoms with Crippen LogP contribution in [0.3, 0.4) is 0 Å². The quantitative estimate of drug-likeness (QED) is 0.845. The Balaban J connectivity index is 1.63. The van der Waals surface area contributed by atoms with E-state index >= 15 is 0 Å². The van der Waals surface area contributed by atoms with Gasteiger partial charge >= 0.3 is 0 Å². The molecule has 3 heterocycles. The SMILES string of the molecule is CCc1cnc(CN2CCC[C@H](c3noc(C(C)C)n3)C2)o1. The molecule has 0 aromatic carbocycles. The van der Waals surface area contributed by atoms with Crippen LogP contribution in [-0.4, -0.2) is 33.1 Å². The van der Waals surface area contributed by atoms with Crippen molar-refractivity contribution < 1.29 is 8.94 Å². The van der Waals surface area contributed by atoms with E-state index in [9.17, 15) is 0 Å². The maximum Gasteiger partial charge on any atom is 0.229 e. The number of nitrogens with zero attached hydrogens (tertiary/aromatic N) is 4. The molecule has 120 valence electrons. The molecule has 0 N–H and O–H groups in total. The molecule has 0 radical (unpaired) electrons. The van der Waals surface area contributed by atoms with E-state index in [0.717, 1.165) is 62.3 Å². The van der Waals surface area contributed by atoms with E-state index in [4.69, 9.17) is 8.94 Å². The number of aryl methyl sites for hydroxylation is 1. The zero-order valence-electron chi connectivity index (χ0n) is 13.6. The molecule has 2 aromatic heterocycles. The molecule has 1 atom stereocenters. The van der Waals surface area contributed by atoms with Crippen LogP contribution in [0, 0.1) is 0 Å². The van der Waals surface area contributed by atoms with Gasteiger partial charge in [0.05, 0.1) is 12.7 Å². The fraction of sp³-hybridized carbons (Fsp3) is 0.688. The summed E-state index contributed by atoms with van der Waals surface area (Å²) in [5.41, 5.74) is 0. The maximum atomic E-state index is 5.71. The van der Waals surface area contributed by atoms with Crippen molar-refractivity contribution in [3.63, 3.8) is 0 Å². The molecule has 22 heavy (non-hydrogen) atoms. The zero-order valence-corrected chi connectivity index (χ0v) is 13.6. The third kappa shape index (κ3) is 3.38. The third-order valence-corrected chi connectivity index (χ3v) is 4.13. The predicted octanol–water partition coefficient (Wildman–Crippen LogP) is 3.12. The third-order valence-electron chi connectivity index (χ3n) is 4.13. The number of hydrogen-bond donors (Lipinski definition) is 0. The van der Waals surface area contributed by atoms with Crippen molar-refractivity contribution in [2.45, 2.75) is 58.4 Å². The summed E-state index contributed by atoms with van der Waals surface area (Å²) in [4.78, 5) is 11.3. The van der Waals surface area contributed by atoms with Crippen LogP contribution >= 0.6 is 0 Å². The number of likely N-dealkylation sites (tertiary alicyclic amines) is 1. The number of piperidine rings is 1. The normalized spacial score (nSPS) is 19.9. The number of oxazole rings is 1. The summed E-state index contributed by atoms with van der Waals surface area (Å²) in [6, 6.07) is 0. The van der Waals surface area contributed by atoms with Crippen LogP contribution < -0.4 is 0 Å². The molecule has 0 saturated carbocycles. The minimum Gasteiger partial charge on any atom is -0.444 e. The van der Waals surface area contributed by atoms with E-state index in [1.807, 2.05) is 6.20 Å². The molecular weight excluding hydrogens is 280 g/mol. The molecule has 1 aliphatic heterocycles. The first-order valence-corrected chi connectivity index (χ1v) is 8.15. The van der Waals surface area contributed by atoms with Crippen LogP contribution in [0.5, 0.6) is 0 Å². The number of aromatic nitrogens is 3. The molecule has 0 amide bonds. The van der Waals surface area contributed by atoms with E-state index in [1.165, 1.54) is 0 Å². The maximum absolute atomic E-state index is 5.71. The van der Waals surface area contributed by atoms with Gasteiger partial charge in [-0.2, -0.15) is 4.98 Å². The van der Waals surface area contributed by atoms with Gasteiger partial charge in [0.25, 0.3) is 0 Å². The second-order valence-corrected chi connectivity index (χ2v) is 6.29. The first kappa shape index (κ1) is 15.2. The van der Waals surface area contributed by atoms with Gasteiger partial charge in [-0.1, -0.05) is 25.9 Å². The summed E-state index contributed by atoms with van der Waals surface area (Å²) in [7, 11) is 0. The molecule has 0 spiro atoms. The Morgan fingerprint density at radius 1 is 1.41 bits per heavy atom. The van der Waals surface area contributed by atoms with E-state index in [2.05, 4.69) is 40.8 Å². The molecule has 1 aliphatic rings. The molecular formula is C16H24N4O2. The molecule has 2 aromatic rings. The lowest BCUT2D eigenvalue weighted by atomic mass is 9.97. The largest absolute Gasteiger partial charge is 0.444 e. The monoisotopic (exact) mass is 304 g/mol. The van der Waals surface area contributed by atoms with Crippen molar-refractivity contribution in [1.82, 2.24) is 20.0 Å². The zero-order chi connectivity index (χ0) is 15.5. The molecule has 0 aliphatic carbocycles. The molecule has 6 heteroatoms. The topological polar surface area (TPSA) is 68.2 Å². The van der Waals surface area contributed by atoms with Crippen molar-refractivity contribution in [2.75, 3.05) is 13.1 Å². The summed E-state index contributed by atoms with van der Waals surface area (Å²) in [5.74, 6) is 3.94. The first-order valence-electron chi connectivity index (χ1n) is 8.15. The number of hydrogen-bond acceptors (Lipinski definition) is 6. The highest BCUT2D eigenvalue weighted by Gasteiger charge is 2.26. The molecule has 0 unspecified atom stereocenters. The second-order valence-electron chi connectivity index (χ2n) is 6.29. The summed E-state index contributed by atoms with van der Waals surface area (Å²) in [6.45, 7) is 8.96. The van der Waals surface area contributed by atoms with Gasteiger partial charge in [-0.15, -0.1) is 0 Å². The highest BCUT2D eigenvalue weighted by Crippen LogP contribution is 2.27. The van der Waals surface area contributed by atoms with Crippen molar-refractivity contribution >= 4 is 0 Å². The van der Waals surface area contributed by atoms with Crippen molar-refractivity contribution in [2.24, 2.45) is 0 Å². The van der Waals surface area contributed by atoms with Gasteiger partial charge in [0.2, 0.25) is 11.8 Å². The lowest BCUT2D eigenvalue weighted by Gasteiger charge is -2.30. The van der Waals surface area contributed by atoms with Crippen molar-refractivity contribution in [1.29, 1.82) is 0 Å². The summed E-state index contributed by atoms with van der Waals surface area (Å²) >= 11 is 0. The van der Waals surface area contributed by atoms with E-state index in [1.54, 1.807) is 0 Å². The Bertz CT molecular complexity index is 605. The fourth-order valence-corrected chi connectivity index (χ4v) is 2.83. The molecule has 3 rings (SSSR count). The Morgan fingerprint density at radius 2 is 2.27 bits per heavy atom. The fourth-order valence-electron chi connectivity index (χ4n) is 2.83. The van der Waals surface area contributed by atoms with Gasteiger partial charge in [-0.3, -0.25) is 4.90 Å². The lowest BCUT2D eigenvalue weighted by molar-refractivity contribution is 0.178. The van der Waals surface area contributed by atoms with Crippen LogP contribution in [0.15, 0.2) is 15.1 Å². The van der Waals surface area contributed by atoms with Gasteiger partial charge < -0.3 is 8.94 Å². The summed E-state index contributed by atoms with van der Waals surface area (Å²) in [6.07, 6.45) is 4.96. The highest BCUT2D eigenvalue weighted by molar-refractivity contribution is 5.01. The van der Waals surface area contributed by atoms with Crippen LogP contribution in [0.2, 0.25) is 0 Å². The van der Waals surface area contributed by atoms with Gasteiger partial charge in [-0.05, 0) is 19.4 Å². The van der Waals surface area contributed by atoms with Crippen LogP contribution in [-0.2, 0) is 13.0 Å². The number of rotatable bonds is 5.